The third-order valence-corrected chi connectivity index (χ3v) is 3.40. The Morgan fingerprint density at radius 3 is 2.59 bits per heavy atom. The lowest BCUT2D eigenvalue weighted by Gasteiger charge is -2.25. The van der Waals surface area contributed by atoms with E-state index in [0.717, 1.165) is 11.0 Å². The van der Waals surface area contributed by atoms with Crippen LogP contribution in [0.25, 0.3) is 0 Å². The molecule has 0 fully saturated rings. The van der Waals surface area contributed by atoms with Crippen molar-refractivity contribution in [2.24, 2.45) is 0 Å². The first-order valence-corrected chi connectivity index (χ1v) is 6.38. The van der Waals surface area contributed by atoms with Gasteiger partial charge in [0.1, 0.15) is 0 Å². The number of carbonyl (C=O) groups excluding carboxylic acids is 1. The molecule has 0 spiro atoms. The fourth-order valence-corrected chi connectivity index (χ4v) is 1.91. The number of halogens is 1. The topological polar surface area (TPSA) is 29.5 Å². The van der Waals surface area contributed by atoms with E-state index >= 15 is 0 Å². The summed E-state index contributed by atoms with van der Waals surface area (Å²) in [6, 6.07) is 8.33. The number of methoxy groups -OCH3 is 1. The molecule has 94 valence electrons. The van der Waals surface area contributed by atoms with Crippen LogP contribution in [0.4, 0.5) is 0 Å². The van der Waals surface area contributed by atoms with Gasteiger partial charge in [0, 0.05) is 17.1 Å². The van der Waals surface area contributed by atoms with Gasteiger partial charge in [0.05, 0.1) is 13.7 Å². The maximum absolute atomic E-state index is 11.3. The molecule has 0 heterocycles. The number of benzene rings is 1. The van der Waals surface area contributed by atoms with Crippen LogP contribution in [0.3, 0.4) is 0 Å². The SMILES string of the molecule is COC(=O)CN(Cc1ccccc1Br)C(C)C. The third-order valence-electron chi connectivity index (χ3n) is 2.62. The molecule has 0 aliphatic rings. The second-order valence-corrected chi connectivity index (χ2v) is 5.02. The normalized spacial score (nSPS) is 10.9. The molecule has 0 bridgehead atoms. The van der Waals surface area contributed by atoms with Crippen LogP contribution in [0.5, 0.6) is 0 Å². The molecule has 0 amide bonds. The van der Waals surface area contributed by atoms with Crippen molar-refractivity contribution in [2.45, 2.75) is 26.4 Å². The molecular formula is C13H18BrNO2. The highest BCUT2D eigenvalue weighted by Crippen LogP contribution is 2.18. The Labute approximate surface area is 111 Å². The molecule has 0 atom stereocenters. The molecule has 0 saturated carbocycles. The summed E-state index contributed by atoms with van der Waals surface area (Å²) in [6.07, 6.45) is 0. The second-order valence-electron chi connectivity index (χ2n) is 4.17. The average Bonchev–Trinajstić information content (AvgIpc) is 2.30. The fourth-order valence-electron chi connectivity index (χ4n) is 1.50. The monoisotopic (exact) mass is 299 g/mol. The van der Waals surface area contributed by atoms with Crippen LogP contribution in [0.1, 0.15) is 19.4 Å². The smallest absolute Gasteiger partial charge is 0.319 e. The van der Waals surface area contributed by atoms with Crippen molar-refractivity contribution < 1.29 is 9.53 Å². The number of hydrogen-bond acceptors (Lipinski definition) is 3. The summed E-state index contributed by atoms with van der Waals surface area (Å²) in [5, 5.41) is 0. The Hall–Kier alpha value is -0.870. The molecule has 0 unspecified atom stereocenters. The first-order valence-electron chi connectivity index (χ1n) is 5.59. The molecule has 0 aliphatic heterocycles. The first kappa shape index (κ1) is 14.2. The zero-order valence-corrected chi connectivity index (χ0v) is 12.0. The van der Waals surface area contributed by atoms with Crippen molar-refractivity contribution in [3.05, 3.63) is 34.3 Å². The fraction of sp³-hybridized carbons (Fsp3) is 0.462. The highest BCUT2D eigenvalue weighted by Gasteiger charge is 2.15. The maximum atomic E-state index is 11.3. The van der Waals surface area contributed by atoms with Crippen LogP contribution in [0.2, 0.25) is 0 Å². The molecule has 0 aromatic heterocycles. The number of nitrogens with zero attached hydrogens (tertiary/aromatic N) is 1. The van der Waals surface area contributed by atoms with Gasteiger partial charge in [0.2, 0.25) is 0 Å². The van der Waals surface area contributed by atoms with E-state index in [4.69, 9.17) is 4.74 Å². The van der Waals surface area contributed by atoms with E-state index in [1.54, 1.807) is 0 Å². The van der Waals surface area contributed by atoms with Gasteiger partial charge in [-0.15, -0.1) is 0 Å². The number of ether oxygens (including phenoxy) is 1. The van der Waals surface area contributed by atoms with E-state index in [1.165, 1.54) is 12.7 Å². The van der Waals surface area contributed by atoms with Gasteiger partial charge in [-0.25, -0.2) is 0 Å². The summed E-state index contributed by atoms with van der Waals surface area (Å²) in [5.41, 5.74) is 1.17. The summed E-state index contributed by atoms with van der Waals surface area (Å²) >= 11 is 3.51. The van der Waals surface area contributed by atoms with Crippen LogP contribution in [0.15, 0.2) is 28.7 Å². The molecule has 0 radical (unpaired) electrons. The van der Waals surface area contributed by atoms with Crippen LogP contribution < -0.4 is 0 Å². The Balaban J connectivity index is 2.74. The summed E-state index contributed by atoms with van der Waals surface area (Å²) in [6.45, 7) is 5.18. The molecule has 0 aliphatic carbocycles. The molecule has 3 nitrogen and oxygen atoms in total. The van der Waals surface area contributed by atoms with Crippen LogP contribution in [-0.2, 0) is 16.1 Å². The average molecular weight is 300 g/mol. The van der Waals surface area contributed by atoms with Gasteiger partial charge in [0.25, 0.3) is 0 Å². The zero-order valence-electron chi connectivity index (χ0n) is 10.4. The summed E-state index contributed by atoms with van der Waals surface area (Å²) in [5.74, 6) is -0.203. The predicted molar refractivity (Wildman–Crippen MR) is 71.7 cm³/mol. The Bertz CT molecular complexity index is 379. The molecular weight excluding hydrogens is 282 g/mol. The molecule has 0 N–H and O–H groups in total. The lowest BCUT2D eigenvalue weighted by atomic mass is 10.2. The van der Waals surface area contributed by atoms with Crippen molar-refractivity contribution in [2.75, 3.05) is 13.7 Å². The molecule has 4 heteroatoms. The minimum Gasteiger partial charge on any atom is -0.468 e. The molecule has 0 saturated heterocycles. The van der Waals surface area contributed by atoms with Gasteiger partial charge in [0.15, 0.2) is 0 Å². The number of rotatable bonds is 5. The molecule has 1 aromatic rings. The third kappa shape index (κ3) is 4.48. The van der Waals surface area contributed by atoms with Crippen molar-refractivity contribution >= 4 is 21.9 Å². The zero-order chi connectivity index (χ0) is 12.8. The quantitative estimate of drug-likeness (QED) is 0.783. The Kier molecular flexibility index (Phi) is 5.65. The Morgan fingerprint density at radius 2 is 2.06 bits per heavy atom. The number of esters is 1. The maximum Gasteiger partial charge on any atom is 0.319 e. The van der Waals surface area contributed by atoms with E-state index in [0.29, 0.717) is 12.6 Å². The van der Waals surface area contributed by atoms with E-state index < -0.39 is 0 Å². The van der Waals surface area contributed by atoms with Gasteiger partial charge in [-0.2, -0.15) is 0 Å². The number of hydrogen-bond donors (Lipinski definition) is 0. The van der Waals surface area contributed by atoms with Crippen LogP contribution >= 0.6 is 15.9 Å². The molecule has 17 heavy (non-hydrogen) atoms. The van der Waals surface area contributed by atoms with Gasteiger partial charge < -0.3 is 4.74 Å². The lowest BCUT2D eigenvalue weighted by Crippen LogP contribution is -2.35. The van der Waals surface area contributed by atoms with Crippen LogP contribution in [0, 0.1) is 0 Å². The van der Waals surface area contributed by atoms with Crippen molar-refractivity contribution in [1.29, 1.82) is 0 Å². The van der Waals surface area contributed by atoms with Crippen LogP contribution in [-0.4, -0.2) is 30.6 Å². The standard InChI is InChI=1S/C13H18BrNO2/c1-10(2)15(9-13(16)17-3)8-11-6-4-5-7-12(11)14/h4-7,10H,8-9H2,1-3H3. The van der Waals surface area contributed by atoms with Gasteiger partial charge >= 0.3 is 5.97 Å². The van der Waals surface area contributed by atoms with Gasteiger partial charge in [-0.05, 0) is 25.5 Å². The van der Waals surface area contributed by atoms with Crippen molar-refractivity contribution in [3.8, 4) is 0 Å². The summed E-state index contributed by atoms with van der Waals surface area (Å²) in [4.78, 5) is 13.4. The van der Waals surface area contributed by atoms with E-state index in [-0.39, 0.29) is 5.97 Å². The van der Waals surface area contributed by atoms with E-state index in [9.17, 15) is 4.79 Å². The number of carbonyl (C=O) groups is 1. The summed E-state index contributed by atoms with van der Waals surface area (Å²) in [7, 11) is 1.42. The molecule has 1 aromatic carbocycles. The minimum absolute atomic E-state index is 0.203. The van der Waals surface area contributed by atoms with Gasteiger partial charge in [-0.3, -0.25) is 9.69 Å². The highest BCUT2D eigenvalue weighted by atomic mass is 79.9. The first-order chi connectivity index (χ1) is 8.04. The lowest BCUT2D eigenvalue weighted by molar-refractivity contribution is -0.142. The van der Waals surface area contributed by atoms with Gasteiger partial charge in [-0.1, -0.05) is 34.1 Å². The Morgan fingerprint density at radius 1 is 1.41 bits per heavy atom. The molecule has 1 rings (SSSR count). The van der Waals surface area contributed by atoms with E-state index in [1.807, 2.05) is 18.2 Å². The second kappa shape index (κ2) is 6.77. The van der Waals surface area contributed by atoms with E-state index in [2.05, 4.69) is 40.7 Å². The minimum atomic E-state index is -0.203. The predicted octanol–water partition coefficient (Wildman–Crippen LogP) is 2.83. The largest absolute Gasteiger partial charge is 0.468 e. The van der Waals surface area contributed by atoms with Crippen molar-refractivity contribution in [1.82, 2.24) is 4.90 Å². The summed E-state index contributed by atoms with van der Waals surface area (Å²) < 4.78 is 5.77. The van der Waals surface area contributed by atoms with Crippen molar-refractivity contribution in [3.63, 3.8) is 0 Å². The highest BCUT2D eigenvalue weighted by molar-refractivity contribution is 9.10.